The fourth-order valence-corrected chi connectivity index (χ4v) is 2.34. The predicted octanol–water partition coefficient (Wildman–Crippen LogP) is 1.55. The molecule has 0 aromatic heterocycles. The van der Waals surface area contributed by atoms with E-state index in [4.69, 9.17) is 5.73 Å². The van der Waals surface area contributed by atoms with Crippen molar-refractivity contribution in [1.29, 1.82) is 0 Å². The van der Waals surface area contributed by atoms with Crippen molar-refractivity contribution < 1.29 is 0 Å². The molecule has 17 heavy (non-hydrogen) atoms. The Kier molecular flexibility index (Phi) is 3.69. The van der Waals surface area contributed by atoms with Crippen molar-refractivity contribution >= 4 is 5.69 Å². The van der Waals surface area contributed by atoms with Gasteiger partial charge < -0.3 is 10.6 Å². The number of rotatable bonds is 3. The van der Waals surface area contributed by atoms with Crippen molar-refractivity contribution in [3.8, 4) is 0 Å². The molecule has 0 saturated carbocycles. The van der Waals surface area contributed by atoms with Gasteiger partial charge in [0, 0.05) is 44.0 Å². The van der Waals surface area contributed by atoms with Gasteiger partial charge in [-0.3, -0.25) is 4.90 Å². The lowest BCUT2D eigenvalue weighted by atomic mass is 10.0. The summed E-state index contributed by atoms with van der Waals surface area (Å²) in [5.41, 5.74) is 7.29. The zero-order valence-corrected chi connectivity index (χ0v) is 10.9. The largest absolute Gasteiger partial charge is 0.369 e. The molecule has 2 N–H and O–H groups in total. The molecular formula is C14H23N3. The van der Waals surface area contributed by atoms with Gasteiger partial charge in [0.25, 0.3) is 0 Å². The van der Waals surface area contributed by atoms with Crippen LogP contribution in [0.25, 0.3) is 0 Å². The van der Waals surface area contributed by atoms with Crippen LogP contribution in [-0.2, 0) is 0 Å². The Morgan fingerprint density at radius 1 is 1.06 bits per heavy atom. The lowest BCUT2D eigenvalue weighted by Crippen LogP contribution is -2.57. The standard InChI is InChI=1S/C14H23N3/c1-14(2,12-15)17-10-8-16(9-11-17)13-6-4-3-5-7-13/h3-7H,8-12,15H2,1-2H3. The quantitative estimate of drug-likeness (QED) is 0.859. The molecule has 0 spiro atoms. The number of benzene rings is 1. The van der Waals surface area contributed by atoms with Gasteiger partial charge in [-0.25, -0.2) is 0 Å². The molecule has 0 unspecified atom stereocenters. The summed E-state index contributed by atoms with van der Waals surface area (Å²) in [6, 6.07) is 10.6. The zero-order valence-electron chi connectivity index (χ0n) is 10.9. The van der Waals surface area contributed by atoms with Gasteiger partial charge in [0.2, 0.25) is 0 Å². The van der Waals surface area contributed by atoms with Crippen molar-refractivity contribution in [2.45, 2.75) is 19.4 Å². The molecule has 94 valence electrons. The first-order valence-electron chi connectivity index (χ1n) is 6.38. The highest BCUT2D eigenvalue weighted by Gasteiger charge is 2.28. The van der Waals surface area contributed by atoms with Crippen LogP contribution in [0.1, 0.15) is 13.8 Å². The molecule has 0 amide bonds. The molecule has 1 aromatic rings. The molecular weight excluding hydrogens is 210 g/mol. The molecule has 0 radical (unpaired) electrons. The van der Waals surface area contributed by atoms with Crippen LogP contribution in [0.3, 0.4) is 0 Å². The molecule has 1 aromatic carbocycles. The van der Waals surface area contributed by atoms with Gasteiger partial charge in [-0.2, -0.15) is 0 Å². The van der Waals surface area contributed by atoms with Gasteiger partial charge in [-0.1, -0.05) is 18.2 Å². The molecule has 1 fully saturated rings. The van der Waals surface area contributed by atoms with Crippen molar-refractivity contribution in [3.05, 3.63) is 30.3 Å². The molecule has 1 saturated heterocycles. The van der Waals surface area contributed by atoms with Gasteiger partial charge in [0.15, 0.2) is 0 Å². The van der Waals surface area contributed by atoms with Gasteiger partial charge >= 0.3 is 0 Å². The second kappa shape index (κ2) is 5.07. The van der Waals surface area contributed by atoms with E-state index in [-0.39, 0.29) is 5.54 Å². The first kappa shape index (κ1) is 12.4. The fraction of sp³-hybridized carbons (Fsp3) is 0.571. The molecule has 0 aliphatic carbocycles. The molecule has 2 rings (SSSR count). The molecule has 1 heterocycles. The maximum Gasteiger partial charge on any atom is 0.0367 e. The summed E-state index contributed by atoms with van der Waals surface area (Å²) >= 11 is 0. The van der Waals surface area contributed by atoms with Gasteiger partial charge in [0.05, 0.1) is 0 Å². The third-order valence-corrected chi connectivity index (χ3v) is 3.76. The van der Waals surface area contributed by atoms with Crippen LogP contribution in [0.15, 0.2) is 30.3 Å². The van der Waals surface area contributed by atoms with E-state index in [0.717, 1.165) is 32.7 Å². The average molecular weight is 233 g/mol. The van der Waals surface area contributed by atoms with E-state index in [0.29, 0.717) is 0 Å². The summed E-state index contributed by atoms with van der Waals surface area (Å²) in [6.07, 6.45) is 0. The predicted molar refractivity (Wildman–Crippen MR) is 73.4 cm³/mol. The van der Waals surface area contributed by atoms with Crippen LogP contribution in [0.4, 0.5) is 5.69 Å². The maximum absolute atomic E-state index is 5.83. The lowest BCUT2D eigenvalue weighted by Gasteiger charge is -2.44. The van der Waals surface area contributed by atoms with Crippen LogP contribution >= 0.6 is 0 Å². The molecule has 3 nitrogen and oxygen atoms in total. The highest BCUT2D eigenvalue weighted by atomic mass is 15.3. The summed E-state index contributed by atoms with van der Waals surface area (Å²) in [5, 5.41) is 0. The third-order valence-electron chi connectivity index (χ3n) is 3.76. The SMILES string of the molecule is CC(C)(CN)N1CCN(c2ccccc2)CC1. The maximum atomic E-state index is 5.83. The molecule has 0 bridgehead atoms. The third kappa shape index (κ3) is 2.79. The smallest absolute Gasteiger partial charge is 0.0367 e. The number of hydrogen-bond acceptors (Lipinski definition) is 3. The number of anilines is 1. The Morgan fingerprint density at radius 3 is 2.18 bits per heavy atom. The monoisotopic (exact) mass is 233 g/mol. The van der Waals surface area contributed by atoms with Crippen LogP contribution < -0.4 is 10.6 Å². The highest BCUT2D eigenvalue weighted by molar-refractivity contribution is 5.46. The summed E-state index contributed by atoms with van der Waals surface area (Å²) in [6.45, 7) is 9.55. The van der Waals surface area contributed by atoms with Gasteiger partial charge in [0.1, 0.15) is 0 Å². The van der Waals surface area contributed by atoms with E-state index in [9.17, 15) is 0 Å². The highest BCUT2D eigenvalue weighted by Crippen LogP contribution is 2.20. The Balaban J connectivity index is 1.95. The minimum absolute atomic E-state index is 0.128. The first-order valence-corrected chi connectivity index (χ1v) is 6.38. The number of hydrogen-bond donors (Lipinski definition) is 1. The number of nitrogens with zero attached hydrogens (tertiary/aromatic N) is 2. The summed E-state index contributed by atoms with van der Waals surface area (Å²) in [4.78, 5) is 4.94. The fourth-order valence-electron chi connectivity index (χ4n) is 2.34. The van der Waals surface area contributed by atoms with Crippen LogP contribution in [0.5, 0.6) is 0 Å². The van der Waals surface area contributed by atoms with E-state index >= 15 is 0 Å². The Labute approximate surface area is 104 Å². The van der Waals surface area contributed by atoms with E-state index in [1.807, 2.05) is 0 Å². The second-order valence-electron chi connectivity index (χ2n) is 5.33. The van der Waals surface area contributed by atoms with E-state index in [1.54, 1.807) is 0 Å². The van der Waals surface area contributed by atoms with Crippen LogP contribution in [0.2, 0.25) is 0 Å². The molecule has 1 aliphatic rings. The van der Waals surface area contributed by atoms with Crippen molar-refractivity contribution in [3.63, 3.8) is 0 Å². The zero-order chi connectivity index (χ0) is 12.3. The van der Waals surface area contributed by atoms with E-state index in [1.165, 1.54) is 5.69 Å². The topological polar surface area (TPSA) is 32.5 Å². The normalized spacial score (nSPS) is 18.4. The summed E-state index contributed by atoms with van der Waals surface area (Å²) in [7, 11) is 0. The van der Waals surface area contributed by atoms with Crippen LogP contribution in [-0.4, -0.2) is 43.2 Å². The second-order valence-corrected chi connectivity index (χ2v) is 5.33. The number of nitrogens with two attached hydrogens (primary N) is 1. The van der Waals surface area contributed by atoms with Gasteiger partial charge in [-0.15, -0.1) is 0 Å². The van der Waals surface area contributed by atoms with Crippen molar-refractivity contribution in [2.75, 3.05) is 37.6 Å². The minimum atomic E-state index is 0.128. The average Bonchev–Trinajstić information content (AvgIpc) is 2.40. The Bertz CT molecular complexity index is 340. The first-order chi connectivity index (χ1) is 8.13. The van der Waals surface area contributed by atoms with Crippen molar-refractivity contribution in [1.82, 2.24) is 4.90 Å². The molecule has 3 heteroatoms. The number of para-hydroxylation sites is 1. The molecule has 1 aliphatic heterocycles. The van der Waals surface area contributed by atoms with E-state index in [2.05, 4.69) is 54.0 Å². The number of piperazine rings is 1. The minimum Gasteiger partial charge on any atom is -0.369 e. The van der Waals surface area contributed by atoms with Gasteiger partial charge in [-0.05, 0) is 26.0 Å². The van der Waals surface area contributed by atoms with Crippen molar-refractivity contribution in [2.24, 2.45) is 5.73 Å². The summed E-state index contributed by atoms with van der Waals surface area (Å²) in [5.74, 6) is 0. The summed E-state index contributed by atoms with van der Waals surface area (Å²) < 4.78 is 0. The Hall–Kier alpha value is -1.06. The van der Waals surface area contributed by atoms with E-state index < -0.39 is 0 Å². The lowest BCUT2D eigenvalue weighted by molar-refractivity contribution is 0.119. The Morgan fingerprint density at radius 2 is 1.65 bits per heavy atom. The van der Waals surface area contributed by atoms with Crippen LogP contribution in [0, 0.1) is 0 Å². The molecule has 0 atom stereocenters.